The van der Waals surface area contributed by atoms with Gasteiger partial charge in [-0.15, -0.1) is 0 Å². The molecule has 3 aromatic rings. The number of nitrogens with one attached hydrogen (secondary N) is 1. The summed E-state index contributed by atoms with van der Waals surface area (Å²) in [6.07, 6.45) is 7.20. The molecule has 0 radical (unpaired) electrons. The van der Waals surface area contributed by atoms with Crippen molar-refractivity contribution in [2.45, 2.75) is 37.2 Å². The van der Waals surface area contributed by atoms with Crippen molar-refractivity contribution < 1.29 is 9.90 Å². The standard InChI is InChI=1S/C24H28N4O2S/c1-31-24-25-11-14-28(24)21-4-2-3-20(15-21)23(30)26-16-18-5-7-19(8-6-18)17-27-12-9-22(29)10-13-27/h2-8,11,14-15,22,29H,9-10,12-13,16-17H2,1H3,(H,26,30). The summed E-state index contributed by atoms with van der Waals surface area (Å²) < 4.78 is 1.98. The van der Waals surface area contributed by atoms with Crippen LogP contribution in [0.4, 0.5) is 0 Å². The summed E-state index contributed by atoms with van der Waals surface area (Å²) in [6, 6.07) is 16.0. The number of carbonyl (C=O) groups excluding carboxylic acids is 1. The van der Waals surface area contributed by atoms with Crippen molar-refractivity contribution in [3.05, 3.63) is 77.6 Å². The molecule has 1 fully saturated rings. The zero-order chi connectivity index (χ0) is 21.6. The third-order valence-corrected chi connectivity index (χ3v) is 6.28. The number of imidazole rings is 1. The van der Waals surface area contributed by atoms with Gasteiger partial charge in [-0.3, -0.25) is 14.3 Å². The predicted octanol–water partition coefficient (Wildman–Crippen LogP) is 3.48. The number of aliphatic hydroxyl groups is 1. The number of likely N-dealkylation sites (tertiary alicyclic amines) is 1. The van der Waals surface area contributed by atoms with E-state index in [1.54, 1.807) is 18.0 Å². The third kappa shape index (κ3) is 5.55. The number of hydrogen-bond acceptors (Lipinski definition) is 5. The minimum absolute atomic E-state index is 0.0939. The maximum absolute atomic E-state index is 12.7. The first-order valence-corrected chi connectivity index (χ1v) is 11.8. The Morgan fingerprint density at radius 1 is 1.16 bits per heavy atom. The Balaban J connectivity index is 1.33. The number of rotatable bonds is 7. The van der Waals surface area contributed by atoms with Crippen LogP contribution in [0.2, 0.25) is 0 Å². The van der Waals surface area contributed by atoms with Gasteiger partial charge in [0.05, 0.1) is 6.10 Å². The molecule has 0 unspecified atom stereocenters. The summed E-state index contributed by atoms with van der Waals surface area (Å²) in [5.41, 5.74) is 3.87. The van der Waals surface area contributed by atoms with E-state index in [0.29, 0.717) is 12.1 Å². The molecule has 0 spiro atoms. The van der Waals surface area contributed by atoms with Gasteiger partial charge in [0.25, 0.3) is 5.91 Å². The van der Waals surface area contributed by atoms with E-state index in [4.69, 9.17) is 0 Å². The van der Waals surface area contributed by atoms with Gasteiger partial charge in [-0.05, 0) is 48.4 Å². The average molecular weight is 437 g/mol. The number of piperidine rings is 1. The Bertz CT molecular complexity index is 1010. The van der Waals surface area contributed by atoms with Crippen molar-refractivity contribution in [3.63, 3.8) is 0 Å². The van der Waals surface area contributed by atoms with Crippen LogP contribution in [0.1, 0.15) is 34.3 Å². The van der Waals surface area contributed by atoms with Gasteiger partial charge in [-0.25, -0.2) is 4.98 Å². The van der Waals surface area contributed by atoms with E-state index in [0.717, 1.165) is 48.9 Å². The lowest BCUT2D eigenvalue weighted by atomic mass is 10.1. The molecule has 4 rings (SSSR count). The highest BCUT2D eigenvalue weighted by molar-refractivity contribution is 7.98. The van der Waals surface area contributed by atoms with Gasteiger partial charge in [-0.1, -0.05) is 42.1 Å². The van der Waals surface area contributed by atoms with Crippen molar-refractivity contribution in [2.75, 3.05) is 19.3 Å². The molecule has 31 heavy (non-hydrogen) atoms. The zero-order valence-electron chi connectivity index (χ0n) is 17.7. The van der Waals surface area contributed by atoms with E-state index in [-0.39, 0.29) is 12.0 Å². The minimum atomic E-state index is -0.143. The molecule has 1 saturated heterocycles. The molecule has 0 saturated carbocycles. The Hall–Kier alpha value is -2.61. The second-order valence-electron chi connectivity index (χ2n) is 7.84. The molecule has 2 heterocycles. The molecule has 1 aliphatic rings. The third-order valence-electron chi connectivity index (χ3n) is 5.62. The highest BCUT2D eigenvalue weighted by Gasteiger charge is 2.16. The summed E-state index contributed by atoms with van der Waals surface area (Å²) >= 11 is 1.57. The quantitative estimate of drug-likeness (QED) is 0.555. The molecular weight excluding hydrogens is 408 g/mol. The first kappa shape index (κ1) is 21.6. The van der Waals surface area contributed by atoms with E-state index >= 15 is 0 Å². The summed E-state index contributed by atoms with van der Waals surface area (Å²) in [7, 11) is 0. The highest BCUT2D eigenvalue weighted by Crippen LogP contribution is 2.19. The molecule has 1 aliphatic heterocycles. The highest BCUT2D eigenvalue weighted by atomic mass is 32.2. The Kier molecular flexibility index (Phi) is 7.06. The number of benzene rings is 2. The first-order valence-electron chi connectivity index (χ1n) is 10.6. The fourth-order valence-corrected chi connectivity index (χ4v) is 4.35. The van der Waals surface area contributed by atoms with Crippen LogP contribution in [0.5, 0.6) is 0 Å². The van der Waals surface area contributed by atoms with Crippen LogP contribution in [0.25, 0.3) is 5.69 Å². The van der Waals surface area contributed by atoms with Crippen LogP contribution >= 0.6 is 11.8 Å². The summed E-state index contributed by atoms with van der Waals surface area (Å²) in [5, 5.41) is 13.5. The molecule has 162 valence electrons. The van der Waals surface area contributed by atoms with Gasteiger partial charge in [0.2, 0.25) is 0 Å². The fourth-order valence-electron chi connectivity index (χ4n) is 3.82. The Morgan fingerprint density at radius 3 is 2.65 bits per heavy atom. The lowest BCUT2D eigenvalue weighted by Crippen LogP contribution is -2.35. The second kappa shape index (κ2) is 10.1. The van der Waals surface area contributed by atoms with E-state index in [2.05, 4.69) is 39.5 Å². The lowest BCUT2D eigenvalue weighted by Gasteiger charge is -2.29. The molecule has 0 aliphatic carbocycles. The van der Waals surface area contributed by atoms with Crippen molar-refractivity contribution in [1.82, 2.24) is 19.8 Å². The van der Waals surface area contributed by atoms with Crippen LogP contribution in [0.15, 0.2) is 66.1 Å². The number of aliphatic hydroxyl groups excluding tert-OH is 1. The first-order chi connectivity index (χ1) is 15.1. The van der Waals surface area contributed by atoms with E-state index in [1.165, 1.54) is 5.56 Å². The largest absolute Gasteiger partial charge is 0.393 e. The van der Waals surface area contributed by atoms with Crippen LogP contribution in [-0.4, -0.2) is 50.9 Å². The van der Waals surface area contributed by atoms with E-state index in [1.807, 2.05) is 41.3 Å². The van der Waals surface area contributed by atoms with E-state index in [9.17, 15) is 9.90 Å². The van der Waals surface area contributed by atoms with Crippen molar-refractivity contribution in [1.29, 1.82) is 0 Å². The minimum Gasteiger partial charge on any atom is -0.393 e. The summed E-state index contributed by atoms with van der Waals surface area (Å²) in [6.45, 7) is 3.27. The number of thioether (sulfide) groups is 1. The number of carbonyl (C=O) groups is 1. The maximum Gasteiger partial charge on any atom is 0.251 e. The van der Waals surface area contributed by atoms with Gasteiger partial charge in [0, 0.05) is 49.8 Å². The normalized spacial score (nSPS) is 15.2. The van der Waals surface area contributed by atoms with Crippen LogP contribution in [-0.2, 0) is 13.1 Å². The zero-order valence-corrected chi connectivity index (χ0v) is 18.5. The van der Waals surface area contributed by atoms with Crippen LogP contribution < -0.4 is 5.32 Å². The van der Waals surface area contributed by atoms with Gasteiger partial charge in [0.1, 0.15) is 0 Å². The van der Waals surface area contributed by atoms with Gasteiger partial charge in [0.15, 0.2) is 5.16 Å². The number of amides is 1. The van der Waals surface area contributed by atoms with Crippen LogP contribution in [0.3, 0.4) is 0 Å². The monoisotopic (exact) mass is 436 g/mol. The summed E-state index contributed by atoms with van der Waals surface area (Å²) in [4.78, 5) is 19.4. The second-order valence-corrected chi connectivity index (χ2v) is 8.61. The van der Waals surface area contributed by atoms with Crippen molar-refractivity contribution in [3.8, 4) is 5.69 Å². The lowest BCUT2D eigenvalue weighted by molar-refractivity contribution is 0.0792. The van der Waals surface area contributed by atoms with Crippen LogP contribution in [0, 0.1) is 0 Å². The molecule has 2 aromatic carbocycles. The number of aromatic nitrogens is 2. The molecule has 7 heteroatoms. The van der Waals surface area contributed by atoms with Crippen molar-refractivity contribution >= 4 is 17.7 Å². The van der Waals surface area contributed by atoms with Gasteiger partial charge >= 0.3 is 0 Å². The summed E-state index contributed by atoms with van der Waals surface area (Å²) in [5.74, 6) is -0.0939. The predicted molar refractivity (Wildman–Crippen MR) is 123 cm³/mol. The van der Waals surface area contributed by atoms with Gasteiger partial charge in [-0.2, -0.15) is 0 Å². The molecule has 2 N–H and O–H groups in total. The maximum atomic E-state index is 12.7. The number of nitrogens with zero attached hydrogens (tertiary/aromatic N) is 3. The Morgan fingerprint density at radius 2 is 1.90 bits per heavy atom. The molecule has 1 aromatic heterocycles. The van der Waals surface area contributed by atoms with E-state index < -0.39 is 0 Å². The average Bonchev–Trinajstić information content (AvgIpc) is 3.29. The molecule has 1 amide bonds. The Labute approximate surface area is 187 Å². The molecule has 0 bridgehead atoms. The SMILES string of the molecule is CSc1nccn1-c1cccc(C(=O)NCc2ccc(CN3CCC(O)CC3)cc2)c1. The molecule has 0 atom stereocenters. The smallest absolute Gasteiger partial charge is 0.251 e. The van der Waals surface area contributed by atoms with Crippen molar-refractivity contribution in [2.24, 2.45) is 0 Å². The number of hydrogen-bond donors (Lipinski definition) is 2. The fraction of sp³-hybridized carbons (Fsp3) is 0.333. The molecular formula is C24H28N4O2S. The topological polar surface area (TPSA) is 70.4 Å². The van der Waals surface area contributed by atoms with Gasteiger partial charge < -0.3 is 10.4 Å². The molecule has 6 nitrogen and oxygen atoms in total.